The van der Waals surface area contributed by atoms with Crippen molar-refractivity contribution in [3.05, 3.63) is 53.7 Å². The number of ether oxygens (including phenoxy) is 1. The third-order valence-electron chi connectivity index (χ3n) is 4.37. The fourth-order valence-electron chi connectivity index (χ4n) is 3.32. The molecule has 2 unspecified atom stereocenters. The molecule has 1 N–H and O–H groups in total. The van der Waals surface area contributed by atoms with E-state index in [2.05, 4.69) is 15.2 Å². The fraction of sp³-hybridized carbons (Fsp3) is 0.400. The van der Waals surface area contributed by atoms with E-state index in [1.54, 1.807) is 30.5 Å². The summed E-state index contributed by atoms with van der Waals surface area (Å²) in [6.07, 6.45) is 3.08. The third kappa shape index (κ3) is 5.53. The second kappa shape index (κ2) is 8.28. The summed E-state index contributed by atoms with van der Waals surface area (Å²) in [4.78, 5) is 19.1. The van der Waals surface area contributed by atoms with Gasteiger partial charge in [0.15, 0.2) is 9.84 Å². The molecule has 1 fully saturated rings. The zero-order chi connectivity index (χ0) is 20.3. The summed E-state index contributed by atoms with van der Waals surface area (Å²) >= 11 is 0. The molecule has 28 heavy (non-hydrogen) atoms. The van der Waals surface area contributed by atoms with Crippen molar-refractivity contribution < 1.29 is 17.9 Å². The molecule has 1 aromatic carbocycles. The van der Waals surface area contributed by atoms with Crippen LogP contribution in [-0.2, 0) is 20.3 Å². The first-order chi connectivity index (χ1) is 13.2. The number of aromatic nitrogens is 1. The van der Waals surface area contributed by atoms with Gasteiger partial charge in [-0.05, 0) is 43.7 Å². The molecule has 2 atom stereocenters. The first kappa shape index (κ1) is 20.3. The summed E-state index contributed by atoms with van der Waals surface area (Å²) in [6, 6.07) is 10.3. The largest absolute Gasteiger partial charge is 0.372 e. The molecule has 2 aromatic rings. The molecule has 1 aliphatic rings. The summed E-state index contributed by atoms with van der Waals surface area (Å²) < 4.78 is 28.6. The Kier molecular flexibility index (Phi) is 6.00. The van der Waals surface area contributed by atoms with Crippen LogP contribution in [0.15, 0.2) is 42.6 Å². The average Bonchev–Trinajstić information content (AvgIpc) is 2.60. The number of hydrogen-bond acceptors (Lipinski definition) is 6. The highest BCUT2D eigenvalue weighted by atomic mass is 32.2. The van der Waals surface area contributed by atoms with E-state index in [9.17, 15) is 13.2 Å². The number of hydrogen-bond donors (Lipinski definition) is 1. The zero-order valence-electron chi connectivity index (χ0n) is 16.3. The van der Waals surface area contributed by atoms with Gasteiger partial charge in [-0.25, -0.2) is 13.4 Å². The van der Waals surface area contributed by atoms with E-state index in [4.69, 9.17) is 4.74 Å². The van der Waals surface area contributed by atoms with Gasteiger partial charge in [-0.2, -0.15) is 0 Å². The summed E-state index contributed by atoms with van der Waals surface area (Å²) in [5, 5.41) is 2.80. The van der Waals surface area contributed by atoms with E-state index < -0.39 is 9.84 Å². The van der Waals surface area contributed by atoms with Crippen LogP contribution >= 0.6 is 0 Å². The molecular weight excluding hydrogens is 378 g/mol. The van der Waals surface area contributed by atoms with Gasteiger partial charge in [0.25, 0.3) is 5.91 Å². The molecule has 0 bridgehead atoms. The molecule has 1 aromatic heterocycles. The molecule has 1 amide bonds. The van der Waals surface area contributed by atoms with Crippen LogP contribution < -0.4 is 10.2 Å². The van der Waals surface area contributed by atoms with Crippen molar-refractivity contribution in [2.45, 2.75) is 31.8 Å². The summed E-state index contributed by atoms with van der Waals surface area (Å²) in [6.45, 7) is 5.62. The maximum atomic E-state index is 12.5. The number of rotatable bonds is 5. The van der Waals surface area contributed by atoms with E-state index in [0.29, 0.717) is 16.8 Å². The number of pyridine rings is 1. The van der Waals surface area contributed by atoms with Gasteiger partial charge < -0.3 is 15.0 Å². The predicted octanol–water partition coefficient (Wildman–Crippen LogP) is 2.49. The number of nitrogens with zero attached hydrogens (tertiary/aromatic N) is 2. The van der Waals surface area contributed by atoms with Gasteiger partial charge in [-0.3, -0.25) is 4.79 Å². The number of sulfone groups is 1. The lowest BCUT2D eigenvalue weighted by molar-refractivity contribution is -0.00545. The van der Waals surface area contributed by atoms with Crippen molar-refractivity contribution in [3.8, 4) is 0 Å². The van der Waals surface area contributed by atoms with Gasteiger partial charge in [0.2, 0.25) is 0 Å². The highest BCUT2D eigenvalue weighted by Gasteiger charge is 2.23. The van der Waals surface area contributed by atoms with Crippen molar-refractivity contribution in [2.24, 2.45) is 0 Å². The quantitative estimate of drug-likeness (QED) is 0.825. The van der Waals surface area contributed by atoms with Crippen molar-refractivity contribution in [1.82, 2.24) is 4.98 Å². The van der Waals surface area contributed by atoms with Crippen molar-refractivity contribution >= 4 is 27.2 Å². The molecule has 1 saturated heterocycles. The Hall–Kier alpha value is -2.45. The standard InChI is InChI=1S/C20H25N3O4S/c1-14-11-23(12-15(2)27-14)19-8-7-18(10-21-19)22-20(24)17-6-4-5-16(9-17)13-28(3,25)26/h4-10,14-15H,11-13H2,1-3H3,(H,22,24). The first-order valence-corrected chi connectivity index (χ1v) is 11.2. The molecule has 0 saturated carbocycles. The van der Waals surface area contributed by atoms with Gasteiger partial charge in [-0.1, -0.05) is 12.1 Å². The fourth-order valence-corrected chi connectivity index (χ4v) is 4.11. The maximum Gasteiger partial charge on any atom is 0.255 e. The van der Waals surface area contributed by atoms with Gasteiger partial charge in [-0.15, -0.1) is 0 Å². The van der Waals surface area contributed by atoms with E-state index in [1.807, 2.05) is 26.0 Å². The molecule has 1 aliphatic heterocycles. The van der Waals surface area contributed by atoms with Crippen molar-refractivity contribution in [2.75, 3.05) is 29.6 Å². The van der Waals surface area contributed by atoms with Crippen LogP contribution in [-0.4, -0.2) is 50.9 Å². The first-order valence-electron chi connectivity index (χ1n) is 9.14. The second-order valence-corrected chi connectivity index (χ2v) is 9.43. The van der Waals surface area contributed by atoms with Crippen LogP contribution in [0.4, 0.5) is 11.5 Å². The lowest BCUT2D eigenvalue weighted by atomic mass is 10.1. The Labute approximate surface area is 165 Å². The van der Waals surface area contributed by atoms with E-state index in [-0.39, 0.29) is 23.9 Å². The highest BCUT2D eigenvalue weighted by molar-refractivity contribution is 7.89. The van der Waals surface area contributed by atoms with Crippen molar-refractivity contribution in [1.29, 1.82) is 0 Å². The number of nitrogens with one attached hydrogen (secondary N) is 1. The molecule has 0 radical (unpaired) electrons. The van der Waals surface area contributed by atoms with E-state index >= 15 is 0 Å². The van der Waals surface area contributed by atoms with Crippen LogP contribution in [0.5, 0.6) is 0 Å². The van der Waals surface area contributed by atoms with Crippen LogP contribution in [0.2, 0.25) is 0 Å². The van der Waals surface area contributed by atoms with Gasteiger partial charge in [0.1, 0.15) is 5.82 Å². The summed E-state index contributed by atoms with van der Waals surface area (Å²) in [5.74, 6) is 0.439. The lowest BCUT2D eigenvalue weighted by Gasteiger charge is -2.36. The second-order valence-electron chi connectivity index (χ2n) is 7.29. The lowest BCUT2D eigenvalue weighted by Crippen LogP contribution is -2.45. The van der Waals surface area contributed by atoms with Crippen molar-refractivity contribution in [3.63, 3.8) is 0 Å². The van der Waals surface area contributed by atoms with E-state index in [0.717, 1.165) is 18.9 Å². The zero-order valence-corrected chi connectivity index (χ0v) is 17.1. The normalized spacial score (nSPS) is 20.0. The predicted molar refractivity (Wildman–Crippen MR) is 109 cm³/mol. The molecule has 150 valence electrons. The Morgan fingerprint density at radius 2 is 1.93 bits per heavy atom. The monoisotopic (exact) mass is 403 g/mol. The van der Waals surface area contributed by atoms with Crippen LogP contribution in [0, 0.1) is 0 Å². The third-order valence-corrected chi connectivity index (χ3v) is 5.23. The molecule has 0 aliphatic carbocycles. The maximum absolute atomic E-state index is 12.5. The average molecular weight is 404 g/mol. The van der Waals surface area contributed by atoms with Gasteiger partial charge >= 0.3 is 0 Å². The van der Waals surface area contributed by atoms with E-state index in [1.165, 1.54) is 6.26 Å². The number of amides is 1. The molecule has 3 rings (SSSR count). The Balaban J connectivity index is 1.67. The molecular formula is C20H25N3O4S. The van der Waals surface area contributed by atoms with Crippen LogP contribution in [0.25, 0.3) is 0 Å². The number of morpholine rings is 1. The Morgan fingerprint density at radius 3 is 2.54 bits per heavy atom. The topological polar surface area (TPSA) is 88.6 Å². The Morgan fingerprint density at radius 1 is 1.21 bits per heavy atom. The molecule has 7 nitrogen and oxygen atoms in total. The smallest absolute Gasteiger partial charge is 0.255 e. The molecule has 2 heterocycles. The number of benzene rings is 1. The summed E-state index contributed by atoms with van der Waals surface area (Å²) in [7, 11) is -3.16. The Bertz CT molecular complexity index is 934. The number of carbonyl (C=O) groups is 1. The number of carbonyl (C=O) groups excluding carboxylic acids is 1. The van der Waals surface area contributed by atoms with Crippen LogP contribution in [0.3, 0.4) is 0 Å². The molecule has 0 spiro atoms. The van der Waals surface area contributed by atoms with Crippen LogP contribution in [0.1, 0.15) is 29.8 Å². The van der Waals surface area contributed by atoms with Gasteiger partial charge in [0, 0.05) is 24.9 Å². The molecule has 8 heteroatoms. The minimum absolute atomic E-state index is 0.0965. The minimum atomic E-state index is -3.16. The number of anilines is 2. The highest BCUT2D eigenvalue weighted by Crippen LogP contribution is 2.20. The SMILES string of the molecule is CC1CN(c2ccc(NC(=O)c3cccc(CS(C)(=O)=O)c3)cn2)CC(C)O1. The van der Waals surface area contributed by atoms with Gasteiger partial charge in [0.05, 0.1) is 29.8 Å². The summed E-state index contributed by atoms with van der Waals surface area (Å²) in [5.41, 5.74) is 1.57. The minimum Gasteiger partial charge on any atom is -0.372 e.